The summed E-state index contributed by atoms with van der Waals surface area (Å²) in [5.74, 6) is -0.593. The minimum Gasteiger partial charge on any atom is -0.367 e. The van der Waals surface area contributed by atoms with E-state index in [-0.39, 0.29) is 16.8 Å². The Hall–Kier alpha value is -3.50. The molecule has 25 heavy (non-hydrogen) atoms. The second-order valence-electron chi connectivity index (χ2n) is 5.84. The minimum atomic E-state index is -0.593. The highest BCUT2D eigenvalue weighted by Gasteiger charge is 2.22. The molecule has 3 N–H and O–H groups in total. The maximum Gasteiger partial charge on any atom is 0.248 e. The zero-order valence-corrected chi connectivity index (χ0v) is 13.9. The molecule has 1 aliphatic heterocycles. The van der Waals surface area contributed by atoms with Crippen molar-refractivity contribution in [1.82, 2.24) is 0 Å². The number of nitrogens with two attached hydrogens (primary N) is 1. The maximum atomic E-state index is 11.5. The normalized spacial score (nSPS) is 16.1. The Morgan fingerprint density at radius 3 is 2.52 bits per heavy atom. The molecular weight excluding hydrogens is 316 g/mol. The van der Waals surface area contributed by atoms with Gasteiger partial charge in [0.1, 0.15) is 23.9 Å². The Morgan fingerprint density at radius 1 is 1.24 bits per heavy atom. The number of nitrogens with zero attached hydrogens (tertiary/aromatic N) is 4. The molecule has 0 spiro atoms. The fourth-order valence-corrected chi connectivity index (χ4v) is 2.91. The standard InChI is InChI=1S/C18H18N6O/c1-12-4-2-3-7-24(12)17-6-5-13(18(22)25)8-15(17)23-16(11-21)14(9-19)10-20/h5-6,8,12,23H,2-4,7H2,1H3,(H2,22,25). The molecule has 2 rings (SSSR count). The smallest absolute Gasteiger partial charge is 0.248 e. The number of rotatable bonds is 4. The van der Waals surface area contributed by atoms with Gasteiger partial charge in [0.15, 0.2) is 5.57 Å². The number of nitriles is 3. The fourth-order valence-electron chi connectivity index (χ4n) is 2.91. The Kier molecular flexibility index (Phi) is 5.61. The van der Waals surface area contributed by atoms with E-state index in [1.54, 1.807) is 30.3 Å². The number of amides is 1. The molecule has 0 saturated carbocycles. The Labute approximate surface area is 146 Å². The van der Waals surface area contributed by atoms with Crippen molar-refractivity contribution in [3.63, 3.8) is 0 Å². The van der Waals surface area contributed by atoms with Crippen LogP contribution in [-0.4, -0.2) is 18.5 Å². The molecule has 0 aliphatic carbocycles. The van der Waals surface area contributed by atoms with Gasteiger partial charge in [0.25, 0.3) is 0 Å². The maximum absolute atomic E-state index is 11.5. The predicted molar refractivity (Wildman–Crippen MR) is 93.1 cm³/mol. The first-order chi connectivity index (χ1) is 12.0. The van der Waals surface area contributed by atoms with Crippen LogP contribution in [0.5, 0.6) is 0 Å². The highest BCUT2D eigenvalue weighted by Crippen LogP contribution is 2.33. The van der Waals surface area contributed by atoms with Crippen molar-refractivity contribution in [2.75, 3.05) is 16.8 Å². The molecule has 1 amide bonds. The van der Waals surface area contributed by atoms with Crippen LogP contribution in [0.2, 0.25) is 0 Å². The first kappa shape index (κ1) is 17.8. The van der Waals surface area contributed by atoms with E-state index in [2.05, 4.69) is 17.1 Å². The predicted octanol–water partition coefficient (Wildman–Crippen LogP) is 2.40. The molecule has 1 unspecified atom stereocenters. The van der Waals surface area contributed by atoms with Crippen molar-refractivity contribution < 1.29 is 4.79 Å². The van der Waals surface area contributed by atoms with E-state index in [0.717, 1.165) is 31.5 Å². The molecule has 1 aliphatic rings. The van der Waals surface area contributed by atoms with E-state index in [1.165, 1.54) is 0 Å². The number of anilines is 2. The Balaban J connectivity index is 2.53. The largest absolute Gasteiger partial charge is 0.367 e. The Bertz CT molecular complexity index is 821. The van der Waals surface area contributed by atoms with Gasteiger partial charge in [-0.1, -0.05) is 0 Å². The summed E-state index contributed by atoms with van der Waals surface area (Å²) in [6, 6.07) is 10.5. The van der Waals surface area contributed by atoms with Gasteiger partial charge in [-0.2, -0.15) is 15.8 Å². The second kappa shape index (κ2) is 7.86. The number of piperidine rings is 1. The fraction of sp³-hybridized carbons (Fsp3) is 0.333. The Morgan fingerprint density at radius 2 is 1.96 bits per heavy atom. The van der Waals surface area contributed by atoms with Crippen LogP contribution >= 0.6 is 0 Å². The number of allylic oxidation sites excluding steroid dienone is 2. The van der Waals surface area contributed by atoms with E-state index in [4.69, 9.17) is 16.3 Å². The van der Waals surface area contributed by atoms with Gasteiger partial charge >= 0.3 is 0 Å². The number of carbonyl (C=O) groups excluding carboxylic acids is 1. The third-order valence-electron chi connectivity index (χ3n) is 4.24. The number of hydrogen-bond donors (Lipinski definition) is 2. The molecule has 7 heteroatoms. The lowest BCUT2D eigenvalue weighted by atomic mass is 10.0. The number of primary amides is 1. The van der Waals surface area contributed by atoms with Crippen molar-refractivity contribution in [1.29, 1.82) is 15.8 Å². The third-order valence-corrected chi connectivity index (χ3v) is 4.24. The van der Waals surface area contributed by atoms with Gasteiger partial charge in [-0.05, 0) is 44.4 Å². The van der Waals surface area contributed by atoms with Crippen LogP contribution in [0, 0.1) is 34.0 Å². The first-order valence-corrected chi connectivity index (χ1v) is 7.94. The molecule has 0 bridgehead atoms. The first-order valence-electron chi connectivity index (χ1n) is 7.94. The van der Waals surface area contributed by atoms with Crippen molar-refractivity contribution in [3.8, 4) is 18.2 Å². The summed E-state index contributed by atoms with van der Waals surface area (Å²) in [5.41, 5.74) is 6.45. The number of benzene rings is 1. The summed E-state index contributed by atoms with van der Waals surface area (Å²) >= 11 is 0. The summed E-state index contributed by atoms with van der Waals surface area (Å²) in [7, 11) is 0. The molecule has 1 saturated heterocycles. The molecule has 0 radical (unpaired) electrons. The van der Waals surface area contributed by atoms with Crippen molar-refractivity contribution in [3.05, 3.63) is 35.0 Å². The van der Waals surface area contributed by atoms with Gasteiger partial charge in [-0.3, -0.25) is 4.79 Å². The molecule has 0 aromatic heterocycles. The van der Waals surface area contributed by atoms with Gasteiger partial charge in [0, 0.05) is 18.2 Å². The van der Waals surface area contributed by atoms with Gasteiger partial charge in [0.05, 0.1) is 11.4 Å². The molecule has 1 aromatic rings. The van der Waals surface area contributed by atoms with Gasteiger partial charge < -0.3 is 16.0 Å². The van der Waals surface area contributed by atoms with Crippen LogP contribution in [-0.2, 0) is 0 Å². The van der Waals surface area contributed by atoms with Crippen molar-refractivity contribution in [2.24, 2.45) is 5.73 Å². The molecular formula is C18H18N6O. The zero-order valence-electron chi connectivity index (χ0n) is 13.9. The molecule has 1 atom stereocenters. The molecule has 1 fully saturated rings. The van der Waals surface area contributed by atoms with E-state index >= 15 is 0 Å². The minimum absolute atomic E-state index is 0.155. The van der Waals surface area contributed by atoms with Gasteiger partial charge in [-0.25, -0.2) is 0 Å². The second-order valence-corrected chi connectivity index (χ2v) is 5.84. The topological polar surface area (TPSA) is 130 Å². The summed E-state index contributed by atoms with van der Waals surface area (Å²) in [6.07, 6.45) is 3.24. The van der Waals surface area contributed by atoms with Gasteiger partial charge in [0.2, 0.25) is 5.91 Å². The SMILES string of the molecule is CC1CCCCN1c1ccc(C(N)=O)cc1NC(C#N)=C(C#N)C#N. The molecule has 7 nitrogen and oxygen atoms in total. The summed E-state index contributed by atoms with van der Waals surface area (Å²) in [5, 5.41) is 30.1. The zero-order chi connectivity index (χ0) is 18.4. The summed E-state index contributed by atoms with van der Waals surface area (Å²) < 4.78 is 0. The van der Waals surface area contributed by atoms with Crippen LogP contribution < -0.4 is 16.0 Å². The average Bonchev–Trinajstić information content (AvgIpc) is 2.62. The number of carbonyl (C=O) groups is 1. The van der Waals surface area contributed by atoms with E-state index < -0.39 is 5.91 Å². The van der Waals surface area contributed by atoms with Crippen LogP contribution in [0.4, 0.5) is 11.4 Å². The van der Waals surface area contributed by atoms with Crippen LogP contribution in [0.15, 0.2) is 29.5 Å². The lowest BCUT2D eigenvalue weighted by molar-refractivity contribution is 0.100. The molecule has 1 heterocycles. The quantitative estimate of drug-likeness (QED) is 0.813. The van der Waals surface area contributed by atoms with Crippen molar-refractivity contribution >= 4 is 17.3 Å². The number of hydrogen-bond acceptors (Lipinski definition) is 6. The third kappa shape index (κ3) is 3.88. The van der Waals surface area contributed by atoms with Crippen molar-refractivity contribution in [2.45, 2.75) is 32.2 Å². The van der Waals surface area contributed by atoms with E-state index in [0.29, 0.717) is 11.7 Å². The molecule has 1 aromatic carbocycles. The van der Waals surface area contributed by atoms with Crippen LogP contribution in [0.1, 0.15) is 36.5 Å². The monoisotopic (exact) mass is 334 g/mol. The highest BCUT2D eigenvalue weighted by atomic mass is 16.1. The molecule has 126 valence electrons. The van der Waals surface area contributed by atoms with Gasteiger partial charge in [-0.15, -0.1) is 0 Å². The lowest BCUT2D eigenvalue weighted by Gasteiger charge is -2.36. The summed E-state index contributed by atoms with van der Waals surface area (Å²) in [4.78, 5) is 13.7. The number of nitrogens with one attached hydrogen (secondary N) is 1. The highest BCUT2D eigenvalue weighted by molar-refractivity contribution is 5.95. The summed E-state index contributed by atoms with van der Waals surface area (Å²) in [6.45, 7) is 2.96. The lowest BCUT2D eigenvalue weighted by Crippen LogP contribution is -2.37. The van der Waals surface area contributed by atoms with Crippen LogP contribution in [0.25, 0.3) is 0 Å². The van der Waals surface area contributed by atoms with E-state index in [1.807, 2.05) is 6.07 Å². The average molecular weight is 334 g/mol. The van der Waals surface area contributed by atoms with Crippen LogP contribution in [0.3, 0.4) is 0 Å². The van der Waals surface area contributed by atoms with E-state index in [9.17, 15) is 10.1 Å².